The van der Waals surface area contributed by atoms with E-state index >= 15 is 0 Å². The van der Waals surface area contributed by atoms with E-state index in [0.717, 1.165) is 38.0 Å². The molecule has 0 radical (unpaired) electrons. The first kappa shape index (κ1) is 15.9. The molecule has 0 heterocycles. The van der Waals surface area contributed by atoms with Gasteiger partial charge in [0.1, 0.15) is 0 Å². The lowest BCUT2D eigenvalue weighted by Gasteiger charge is -2.45. The summed E-state index contributed by atoms with van der Waals surface area (Å²) in [6.45, 7) is 3.30. The molecule has 0 amide bonds. The third kappa shape index (κ3) is 4.52. The summed E-state index contributed by atoms with van der Waals surface area (Å²) < 4.78 is 46.1. The van der Waals surface area contributed by atoms with Crippen LogP contribution in [0.3, 0.4) is 0 Å². The van der Waals surface area contributed by atoms with Gasteiger partial charge in [0, 0.05) is 8.22 Å². The summed E-state index contributed by atoms with van der Waals surface area (Å²) in [6, 6.07) is 0. The third-order valence-corrected chi connectivity index (χ3v) is 9.27. The van der Waals surface area contributed by atoms with Crippen molar-refractivity contribution in [1.29, 1.82) is 0 Å². The Morgan fingerprint density at radius 1 is 1.17 bits per heavy atom. The van der Waals surface area contributed by atoms with Gasteiger partial charge in [0.15, 0.2) is 0 Å². The molecular formula is C29H46O. The molecule has 1 N–H and O–H groups in total. The lowest BCUT2D eigenvalue weighted by Crippen LogP contribution is -2.37. The van der Waals surface area contributed by atoms with Crippen LogP contribution in [0.15, 0.2) is 35.5 Å². The van der Waals surface area contributed by atoms with Crippen LogP contribution in [0.5, 0.6) is 0 Å². The van der Waals surface area contributed by atoms with Crippen molar-refractivity contribution in [2.45, 2.75) is 117 Å². The maximum Gasteiger partial charge on any atom is 0.0591 e. The topological polar surface area (TPSA) is 20.2 Å². The van der Waals surface area contributed by atoms with Crippen molar-refractivity contribution >= 4 is 0 Å². The molecular weight excluding hydrogens is 364 g/mol. The SMILES string of the molecule is [2H]C([2H])([2H])C(O)(CCCC1(C2CCC3/C(=C/C=C4/CC(C)CCC4=C)CCC[C@@]32C)CC1)C([2H])([2H])[2H]. The molecule has 0 aromatic rings. The fourth-order valence-electron chi connectivity index (χ4n) is 7.47. The summed E-state index contributed by atoms with van der Waals surface area (Å²) in [5.74, 6) is 1.92. The van der Waals surface area contributed by atoms with Crippen LogP contribution in [0, 0.1) is 28.6 Å². The van der Waals surface area contributed by atoms with Gasteiger partial charge < -0.3 is 5.11 Å². The van der Waals surface area contributed by atoms with Crippen molar-refractivity contribution in [2.24, 2.45) is 28.6 Å². The molecule has 0 saturated heterocycles. The van der Waals surface area contributed by atoms with Gasteiger partial charge >= 0.3 is 0 Å². The Balaban J connectivity index is 1.46. The molecule has 168 valence electrons. The van der Waals surface area contributed by atoms with Gasteiger partial charge in [-0.25, -0.2) is 0 Å². The van der Waals surface area contributed by atoms with Gasteiger partial charge in [0.2, 0.25) is 0 Å². The Morgan fingerprint density at radius 2 is 1.97 bits per heavy atom. The van der Waals surface area contributed by atoms with Gasteiger partial charge in [-0.15, -0.1) is 0 Å². The second-order valence-corrected chi connectivity index (χ2v) is 11.5. The van der Waals surface area contributed by atoms with Gasteiger partial charge in [0.25, 0.3) is 0 Å². The van der Waals surface area contributed by atoms with Crippen molar-refractivity contribution < 1.29 is 13.3 Å². The van der Waals surface area contributed by atoms with Gasteiger partial charge in [0.05, 0.1) is 5.60 Å². The fraction of sp³-hybridized carbons (Fsp3) is 0.793. The van der Waals surface area contributed by atoms with Crippen molar-refractivity contribution in [3.05, 3.63) is 35.5 Å². The molecule has 30 heavy (non-hydrogen) atoms. The highest BCUT2D eigenvalue weighted by Crippen LogP contribution is 2.70. The molecule has 1 heteroatoms. The summed E-state index contributed by atoms with van der Waals surface area (Å²) in [5, 5.41) is 10.7. The van der Waals surface area contributed by atoms with Gasteiger partial charge in [-0.2, -0.15) is 0 Å². The lowest BCUT2D eigenvalue weighted by atomic mass is 9.59. The lowest BCUT2D eigenvalue weighted by molar-refractivity contribution is 0.0521. The second-order valence-electron chi connectivity index (χ2n) is 11.5. The minimum absolute atomic E-state index is 0.182. The van der Waals surface area contributed by atoms with Crippen LogP contribution in [0.25, 0.3) is 0 Å². The molecule has 0 aromatic heterocycles. The van der Waals surface area contributed by atoms with Crippen LogP contribution in [0.2, 0.25) is 0 Å². The molecule has 0 bridgehead atoms. The minimum Gasteiger partial charge on any atom is -0.390 e. The average Bonchev–Trinajstić information content (AvgIpc) is 3.45. The van der Waals surface area contributed by atoms with E-state index in [2.05, 4.69) is 32.6 Å². The maximum atomic E-state index is 10.7. The van der Waals surface area contributed by atoms with Gasteiger partial charge in [-0.1, -0.05) is 50.1 Å². The first-order chi connectivity index (χ1) is 16.6. The third-order valence-electron chi connectivity index (χ3n) is 9.27. The monoisotopic (exact) mass is 416 g/mol. The Kier molecular flexibility index (Phi) is 4.38. The van der Waals surface area contributed by atoms with E-state index < -0.39 is 19.3 Å². The van der Waals surface area contributed by atoms with Crippen LogP contribution in [-0.4, -0.2) is 10.7 Å². The molecule has 0 aliphatic heterocycles. The first-order valence-corrected chi connectivity index (χ1v) is 12.4. The van der Waals surface area contributed by atoms with Crippen LogP contribution in [0.1, 0.15) is 119 Å². The van der Waals surface area contributed by atoms with Crippen LogP contribution < -0.4 is 0 Å². The smallest absolute Gasteiger partial charge is 0.0591 e. The van der Waals surface area contributed by atoms with E-state index in [1.54, 1.807) is 5.57 Å². The van der Waals surface area contributed by atoms with E-state index in [1.165, 1.54) is 49.7 Å². The molecule has 4 atom stereocenters. The number of aliphatic hydroxyl groups is 1. The predicted octanol–water partition coefficient (Wildman–Crippen LogP) is 8.15. The summed E-state index contributed by atoms with van der Waals surface area (Å²) >= 11 is 0. The molecule has 3 unspecified atom stereocenters. The van der Waals surface area contributed by atoms with Gasteiger partial charge in [-0.3, -0.25) is 0 Å². The molecule has 4 rings (SSSR count). The summed E-state index contributed by atoms with van der Waals surface area (Å²) in [4.78, 5) is 0. The molecule has 0 aromatic carbocycles. The second kappa shape index (κ2) is 8.27. The van der Waals surface area contributed by atoms with Gasteiger partial charge in [-0.05, 0) is 125 Å². The zero-order chi connectivity index (χ0) is 26.6. The quantitative estimate of drug-likeness (QED) is 0.463. The number of rotatable bonds is 6. The van der Waals surface area contributed by atoms with E-state index in [1.807, 2.05) is 0 Å². The Hall–Kier alpha value is -0.820. The Bertz CT molecular complexity index is 892. The highest BCUT2D eigenvalue weighted by molar-refractivity contribution is 5.36. The summed E-state index contributed by atoms with van der Waals surface area (Å²) in [5.41, 5.74) is 2.13. The summed E-state index contributed by atoms with van der Waals surface area (Å²) in [6.07, 6.45) is 17.6. The fourth-order valence-corrected chi connectivity index (χ4v) is 7.47. The minimum atomic E-state index is -2.92. The van der Waals surface area contributed by atoms with Crippen molar-refractivity contribution in [3.63, 3.8) is 0 Å². The zero-order valence-corrected chi connectivity index (χ0v) is 19.2. The molecule has 0 spiro atoms. The maximum absolute atomic E-state index is 10.7. The largest absolute Gasteiger partial charge is 0.390 e. The number of hydrogen-bond donors (Lipinski definition) is 1. The van der Waals surface area contributed by atoms with E-state index in [9.17, 15) is 5.11 Å². The summed E-state index contributed by atoms with van der Waals surface area (Å²) in [7, 11) is 0. The van der Waals surface area contributed by atoms with Crippen molar-refractivity contribution in [1.82, 2.24) is 0 Å². The van der Waals surface area contributed by atoms with Crippen LogP contribution >= 0.6 is 0 Å². The standard InChI is InChI=1S/C29H46O/c1-21-9-10-22(2)24(20-21)12-11-23-8-6-16-28(5)25(23)13-14-26(28)29(18-19-29)17-7-15-27(3,4)30/h11-12,21,25-26,30H,2,6-10,13-20H2,1,3-5H3/b23-11+,24-12-/t21?,25?,26?,28-/m0/s1/i3D3,4D3. The first-order valence-electron chi connectivity index (χ1n) is 15.4. The molecule has 4 aliphatic rings. The Morgan fingerprint density at radius 3 is 2.70 bits per heavy atom. The van der Waals surface area contributed by atoms with E-state index in [0.29, 0.717) is 18.3 Å². The normalized spacial score (nSPS) is 42.6. The molecule has 4 aliphatic carbocycles. The van der Waals surface area contributed by atoms with Crippen molar-refractivity contribution in [3.8, 4) is 0 Å². The van der Waals surface area contributed by atoms with E-state index in [4.69, 9.17) is 8.22 Å². The highest BCUT2D eigenvalue weighted by Gasteiger charge is 2.60. The number of hydrogen-bond acceptors (Lipinski definition) is 1. The van der Waals surface area contributed by atoms with Crippen LogP contribution in [-0.2, 0) is 0 Å². The molecule has 1 nitrogen and oxygen atoms in total. The van der Waals surface area contributed by atoms with E-state index in [-0.39, 0.29) is 17.3 Å². The molecule has 4 saturated carbocycles. The Labute approximate surface area is 194 Å². The zero-order valence-electron chi connectivity index (χ0n) is 25.2. The van der Waals surface area contributed by atoms with Crippen LogP contribution in [0.4, 0.5) is 0 Å². The highest BCUT2D eigenvalue weighted by atomic mass is 16.3. The predicted molar refractivity (Wildman–Crippen MR) is 128 cm³/mol. The van der Waals surface area contributed by atoms with Crippen molar-refractivity contribution in [2.75, 3.05) is 0 Å². The number of allylic oxidation sites excluding steroid dienone is 5. The molecule has 4 fully saturated rings. The number of fused-ring (bicyclic) bond motifs is 1. The average molecular weight is 417 g/mol.